The van der Waals surface area contributed by atoms with Crippen LogP contribution in [-0.4, -0.2) is 128 Å². The monoisotopic (exact) mass is 1050 g/mol. The zero-order valence-electron chi connectivity index (χ0n) is 43.6. The molecule has 2 fully saturated rings. The summed E-state index contributed by atoms with van der Waals surface area (Å²) in [6.07, 6.45) is 9.69. The first-order chi connectivity index (χ1) is 32.5. The number of aromatic amines is 1. The predicted molar refractivity (Wildman–Crippen MR) is 269 cm³/mol. The highest BCUT2D eigenvalue weighted by molar-refractivity contribution is 7.44. The number of nitrogens with one attached hydrogen (secondary N) is 1. The minimum absolute atomic E-state index is 0.0649. The molecule has 3 rings (SSSR count). The summed E-state index contributed by atoms with van der Waals surface area (Å²) in [5.74, 6) is -1.03. The first kappa shape index (κ1) is 61.1. The summed E-state index contributed by atoms with van der Waals surface area (Å²) in [7, 11) is -10.2. The lowest BCUT2D eigenvalue weighted by Crippen LogP contribution is -2.58. The molecule has 0 aromatic carbocycles. The van der Waals surface area contributed by atoms with Gasteiger partial charge in [-0.25, -0.2) is 9.46 Å². The van der Waals surface area contributed by atoms with Crippen LogP contribution in [0, 0.1) is 11.3 Å². The van der Waals surface area contributed by atoms with Gasteiger partial charge in [-0.3, -0.25) is 23.9 Å². The van der Waals surface area contributed by atoms with E-state index in [0.717, 1.165) is 38.5 Å². The van der Waals surface area contributed by atoms with Crippen LogP contribution < -0.4 is 11.2 Å². The number of esters is 2. The number of carbonyl (C=O) groups is 2. The van der Waals surface area contributed by atoms with E-state index in [4.69, 9.17) is 50.1 Å². The molecule has 1 N–H and O–H groups in total. The van der Waals surface area contributed by atoms with Crippen molar-refractivity contribution in [3.63, 3.8) is 0 Å². The van der Waals surface area contributed by atoms with E-state index >= 15 is 0 Å². The van der Waals surface area contributed by atoms with Crippen LogP contribution >= 0.6 is 8.53 Å². The van der Waals surface area contributed by atoms with Crippen LogP contribution in [0.25, 0.3) is 0 Å². The van der Waals surface area contributed by atoms with E-state index in [1.165, 1.54) is 62.8 Å². The number of rotatable bonds is 28. The summed E-state index contributed by atoms with van der Waals surface area (Å²) in [4.78, 5) is 51.9. The van der Waals surface area contributed by atoms with E-state index in [-0.39, 0.29) is 64.1 Å². The van der Waals surface area contributed by atoms with Gasteiger partial charge in [0.2, 0.25) is 0 Å². The van der Waals surface area contributed by atoms with Crippen molar-refractivity contribution in [1.82, 2.24) is 14.2 Å². The van der Waals surface area contributed by atoms with Gasteiger partial charge in [0.05, 0.1) is 38.4 Å². The summed E-state index contributed by atoms with van der Waals surface area (Å²) in [5, 5.41) is 9.57. The fourth-order valence-electron chi connectivity index (χ4n) is 8.36. The van der Waals surface area contributed by atoms with Crippen LogP contribution in [-0.2, 0) is 59.7 Å². The molecule has 1 saturated heterocycles. The smallest absolute Gasteiger partial charge is 0.463 e. The first-order valence-corrected chi connectivity index (χ1v) is 34.9. The summed E-state index contributed by atoms with van der Waals surface area (Å²) in [6.45, 7) is 21.5. The number of nitriles is 1. The molecule has 1 aromatic rings. The van der Waals surface area contributed by atoms with E-state index in [9.17, 15) is 24.4 Å². The van der Waals surface area contributed by atoms with E-state index in [1.54, 1.807) is 0 Å². The van der Waals surface area contributed by atoms with Crippen molar-refractivity contribution in [3.8, 4) is 6.07 Å². The Kier molecular flexibility index (Phi) is 27.2. The van der Waals surface area contributed by atoms with Crippen LogP contribution in [0.15, 0.2) is 21.9 Å². The third kappa shape index (κ3) is 23.5. The van der Waals surface area contributed by atoms with Gasteiger partial charge >= 0.3 is 26.4 Å². The predicted octanol–water partition coefficient (Wildman–Crippen LogP) is 8.65. The largest absolute Gasteiger partial charge is 0.480 e. The Labute approximate surface area is 415 Å². The Morgan fingerprint density at radius 1 is 0.812 bits per heavy atom. The van der Waals surface area contributed by atoms with Gasteiger partial charge in [-0.2, -0.15) is 5.26 Å². The van der Waals surface area contributed by atoms with Crippen molar-refractivity contribution in [2.45, 2.75) is 220 Å². The number of hydrogen-bond acceptors (Lipinski definition) is 17. The average Bonchev–Trinajstić information content (AvgIpc) is 3.55. The van der Waals surface area contributed by atoms with Crippen molar-refractivity contribution >= 4 is 45.9 Å². The highest BCUT2D eigenvalue weighted by Crippen LogP contribution is 2.51. The molecule has 396 valence electrons. The quantitative estimate of drug-likeness (QED) is 0.0273. The number of ether oxygens (including phenoxy) is 6. The minimum Gasteiger partial charge on any atom is -0.463 e. The van der Waals surface area contributed by atoms with Crippen LogP contribution in [0.4, 0.5) is 0 Å². The normalized spacial score (nSPS) is 21.0. The highest BCUT2D eigenvalue weighted by atomic mass is 31.2. The fourth-order valence-corrected chi connectivity index (χ4v) is 20.8. The molecular formula is C46H85N4O15PSi3. The number of hydrogen-bond donors (Lipinski definition) is 1. The molecule has 19 nitrogen and oxygen atoms in total. The maximum atomic E-state index is 13.8. The Balaban J connectivity index is 2.26. The van der Waals surface area contributed by atoms with Crippen molar-refractivity contribution < 1.29 is 59.7 Å². The second kappa shape index (κ2) is 30.7. The van der Waals surface area contributed by atoms with Gasteiger partial charge in [-0.1, -0.05) is 57.8 Å². The molecule has 69 heavy (non-hydrogen) atoms. The molecule has 1 aromatic heterocycles. The van der Waals surface area contributed by atoms with Crippen molar-refractivity contribution in [2.75, 3.05) is 33.0 Å². The first-order valence-electron chi connectivity index (χ1n) is 25.0. The van der Waals surface area contributed by atoms with E-state index in [2.05, 4.69) is 55.0 Å². The second-order valence-electron chi connectivity index (χ2n) is 20.2. The molecule has 0 spiro atoms. The molecule has 1 aliphatic heterocycles. The minimum atomic E-state index is -3.57. The van der Waals surface area contributed by atoms with Crippen LogP contribution in [0.2, 0.25) is 45.3 Å². The molecule has 23 heteroatoms. The van der Waals surface area contributed by atoms with E-state index in [0.29, 0.717) is 6.04 Å². The summed E-state index contributed by atoms with van der Waals surface area (Å²) < 4.78 is 74.9. The Morgan fingerprint density at radius 3 is 1.80 bits per heavy atom. The number of carbonyl (C=O) groups excluding carboxylic acids is 2. The van der Waals surface area contributed by atoms with Gasteiger partial charge in [0.15, 0.2) is 22.9 Å². The molecule has 0 bridgehead atoms. The molecule has 2 heterocycles. The van der Waals surface area contributed by atoms with Crippen molar-refractivity contribution in [2.24, 2.45) is 0 Å². The third-order valence-electron chi connectivity index (χ3n) is 10.9. The van der Waals surface area contributed by atoms with Gasteiger partial charge in [-0.15, -0.1) is 0 Å². The Hall–Kier alpha value is -2.21. The van der Waals surface area contributed by atoms with Gasteiger partial charge in [0.25, 0.3) is 20.6 Å². The SMILES string of the molecule is CC(=O)OCCOC(OCCOC(C)=O)O[C@@H]1[C@H](OP(OCCC#N)N(C(C)C)C(C)C)[C@@H](CC[Si](OC2CCCCCCCCCCC2)(O[Si](C)(C)C)O[Si](C)(C)C)O[C@H]1n1ccc(=O)[nH]c1=O. The van der Waals surface area contributed by atoms with Gasteiger partial charge < -0.3 is 50.1 Å². The standard InChI is InChI=1S/C46H85N4O15PSi3/c1-35(2)50(36(3)4)66(59-29-22-27-47)62-42-40(26-34-69(64-67(7,8)9,65-68(10,11)12)63-39-23-20-18-16-14-13-15-17-19-21-24-39)60-44(49-28-25-41(53)48-45(49)54)43(42)61-46(57-32-30-55-37(5)51)58-33-31-56-38(6)52/h25,28,35-36,39-40,42-44,46H,13-24,26,29-34H2,1-12H3,(H,48,53,54)/t40-,42-,43-,44-,66?/m1/s1. The lowest BCUT2D eigenvalue weighted by atomic mass is 10.00. The average molecular weight is 1050 g/mol. The Bertz CT molecular complexity index is 1770. The fraction of sp³-hybridized carbons (Fsp3) is 0.848. The van der Waals surface area contributed by atoms with E-state index < -0.39 is 88.2 Å². The van der Waals surface area contributed by atoms with E-state index in [1.807, 2.05) is 27.7 Å². The number of aromatic nitrogens is 2. The zero-order valence-corrected chi connectivity index (χ0v) is 47.5. The molecule has 1 aliphatic carbocycles. The van der Waals surface area contributed by atoms with Crippen molar-refractivity contribution in [1.29, 1.82) is 5.26 Å². The van der Waals surface area contributed by atoms with Gasteiger partial charge in [0, 0.05) is 50.3 Å². The summed E-state index contributed by atoms with van der Waals surface area (Å²) in [5.41, 5.74) is -1.37. The topological polar surface area (TPSA) is 218 Å². The molecule has 0 radical (unpaired) electrons. The molecule has 2 aliphatic rings. The van der Waals surface area contributed by atoms with Gasteiger partial charge in [-0.05, 0) is 86.2 Å². The molecule has 5 atom stereocenters. The number of nitrogens with zero attached hydrogens (tertiary/aromatic N) is 3. The molecule has 1 saturated carbocycles. The Morgan fingerprint density at radius 2 is 1.33 bits per heavy atom. The highest BCUT2D eigenvalue weighted by Gasteiger charge is 2.55. The molecule has 1 unspecified atom stereocenters. The summed E-state index contributed by atoms with van der Waals surface area (Å²) in [6, 6.07) is 3.56. The third-order valence-corrected chi connectivity index (χ3v) is 22.0. The second-order valence-corrected chi connectivity index (χ2v) is 33.8. The summed E-state index contributed by atoms with van der Waals surface area (Å²) >= 11 is 0. The lowest BCUT2D eigenvalue weighted by molar-refractivity contribution is -0.320. The maximum absolute atomic E-state index is 13.8. The zero-order chi connectivity index (χ0) is 51.2. The van der Waals surface area contributed by atoms with Gasteiger partial charge in [0.1, 0.15) is 25.4 Å². The van der Waals surface area contributed by atoms with Crippen LogP contribution in [0.5, 0.6) is 0 Å². The molecular weight excluding hydrogens is 964 g/mol. The van der Waals surface area contributed by atoms with Crippen LogP contribution in [0.1, 0.15) is 131 Å². The lowest BCUT2D eigenvalue weighted by Gasteiger charge is -2.42. The van der Waals surface area contributed by atoms with Crippen LogP contribution in [0.3, 0.4) is 0 Å². The number of H-pyrrole nitrogens is 1. The maximum Gasteiger partial charge on any atom is 0.480 e. The van der Waals surface area contributed by atoms with Crippen molar-refractivity contribution in [3.05, 3.63) is 33.1 Å². The molecule has 0 amide bonds.